The standard InChI is InChI=1S/C18H19Si.C5H5.C2H6Si.ClH.Zr/c1-19(2,3)16-12-10-15(11-13-16)18-9-5-7-14-6-4-8-17(14)18;1-2-4-5-3-1;1-3-2;;/h4-13H,1-3H3;1-3H,4H2;1-2H3;1H;/q2*-1;;;+2. The Bertz CT molecular complexity index is 946. The summed E-state index contributed by atoms with van der Waals surface area (Å²) >= 11 is 1.74. The van der Waals surface area contributed by atoms with Gasteiger partial charge >= 0.3 is 41.9 Å². The first-order chi connectivity index (χ1) is 13.3. The largest absolute Gasteiger partial charge is 0.273 e. The molecule has 1 aliphatic rings. The molecule has 0 N–H and O–H groups in total. The Morgan fingerprint density at radius 3 is 2.14 bits per heavy atom. The first-order valence-electron chi connectivity index (χ1n) is 9.78. The number of halogens is 1. The van der Waals surface area contributed by atoms with Gasteiger partial charge in [-0.3, -0.25) is 6.08 Å². The molecule has 0 atom stereocenters. The Hall–Kier alpha value is -0.863. The van der Waals surface area contributed by atoms with E-state index in [1.165, 1.54) is 27.1 Å². The van der Waals surface area contributed by atoms with E-state index >= 15 is 0 Å². The second-order valence-electron chi connectivity index (χ2n) is 8.16. The van der Waals surface area contributed by atoms with Crippen molar-refractivity contribution < 1.29 is 23.3 Å². The van der Waals surface area contributed by atoms with Gasteiger partial charge in [0.05, 0.1) is 8.07 Å². The molecule has 29 heavy (non-hydrogen) atoms. The summed E-state index contributed by atoms with van der Waals surface area (Å²) in [5.41, 5.74) is 2.87. The maximum absolute atomic E-state index is 2.99. The van der Waals surface area contributed by atoms with E-state index in [2.05, 4.69) is 106 Å². The minimum atomic E-state index is -1.20. The zero-order chi connectivity index (χ0) is 20.6. The molecule has 0 bridgehead atoms. The molecular weight excluding hydrogens is 483 g/mol. The molecule has 3 aromatic carbocycles. The summed E-state index contributed by atoms with van der Waals surface area (Å²) < 4.78 is 0. The summed E-state index contributed by atoms with van der Waals surface area (Å²) in [6.07, 6.45) is 10.0. The van der Waals surface area contributed by atoms with Crippen molar-refractivity contribution in [1.82, 2.24) is 0 Å². The summed E-state index contributed by atoms with van der Waals surface area (Å²) in [5, 5.41) is 4.20. The van der Waals surface area contributed by atoms with Crippen LogP contribution in [0.2, 0.25) is 32.7 Å². The third-order valence-electron chi connectivity index (χ3n) is 4.33. The molecule has 150 valence electrons. The molecule has 0 saturated heterocycles. The van der Waals surface area contributed by atoms with E-state index in [0.29, 0.717) is 0 Å². The van der Waals surface area contributed by atoms with Crippen LogP contribution in [0, 0.1) is 6.08 Å². The number of hydrogen-bond acceptors (Lipinski definition) is 0. The molecule has 0 radical (unpaired) electrons. The minimum absolute atomic E-state index is 0. The fourth-order valence-electron chi connectivity index (χ4n) is 2.90. The molecule has 0 saturated carbocycles. The van der Waals surface area contributed by atoms with Crippen LogP contribution >= 0.6 is 12.4 Å². The Kier molecular flexibility index (Phi) is 11.5. The van der Waals surface area contributed by atoms with E-state index in [0.717, 1.165) is 6.42 Å². The van der Waals surface area contributed by atoms with Gasteiger partial charge in [0.1, 0.15) is 0 Å². The molecule has 0 aromatic heterocycles. The minimum Gasteiger partial charge on any atom is -0.273 e. The van der Waals surface area contributed by atoms with Gasteiger partial charge in [0.25, 0.3) is 0 Å². The van der Waals surface area contributed by atoms with Gasteiger partial charge in [-0.25, -0.2) is 12.2 Å². The summed E-state index contributed by atoms with van der Waals surface area (Å²) in [7, 11) is -1.20. The molecule has 0 nitrogen and oxygen atoms in total. The maximum Gasteiger partial charge on any atom is -0.109 e. The number of fused-ring (bicyclic) bond motifs is 1. The van der Waals surface area contributed by atoms with Gasteiger partial charge in [-0.15, -0.1) is 47.8 Å². The molecule has 0 spiro atoms. The van der Waals surface area contributed by atoms with Crippen molar-refractivity contribution in [3.63, 3.8) is 0 Å². The van der Waals surface area contributed by atoms with Crippen molar-refractivity contribution >= 4 is 41.9 Å². The fourth-order valence-corrected chi connectivity index (χ4v) is 4.07. The molecule has 0 aliphatic heterocycles. The van der Waals surface area contributed by atoms with Crippen LogP contribution in [0.4, 0.5) is 0 Å². The van der Waals surface area contributed by atoms with Crippen LogP contribution in [0.25, 0.3) is 21.9 Å². The van der Waals surface area contributed by atoms with Gasteiger partial charge in [-0.2, -0.15) is 18.2 Å². The van der Waals surface area contributed by atoms with Crippen molar-refractivity contribution in [2.45, 2.75) is 39.2 Å². The average Bonchev–Trinajstić information content (AvgIpc) is 3.35. The summed E-state index contributed by atoms with van der Waals surface area (Å²) in [6, 6.07) is 22.2. The molecule has 4 rings (SSSR count). The van der Waals surface area contributed by atoms with E-state index in [9.17, 15) is 0 Å². The van der Waals surface area contributed by atoms with Gasteiger partial charge in [0.2, 0.25) is 0 Å². The van der Waals surface area contributed by atoms with Crippen LogP contribution in [0.1, 0.15) is 6.42 Å². The van der Waals surface area contributed by atoms with Crippen LogP contribution in [-0.4, -0.2) is 13.5 Å². The second-order valence-corrected chi connectivity index (χ2v) is 22.6. The van der Waals surface area contributed by atoms with E-state index in [-0.39, 0.29) is 17.8 Å². The third kappa shape index (κ3) is 8.80. The Balaban J connectivity index is 0.000000352. The van der Waals surface area contributed by atoms with Crippen LogP contribution < -0.4 is 5.19 Å². The molecule has 4 heteroatoms. The molecule has 1 aliphatic carbocycles. The van der Waals surface area contributed by atoms with Gasteiger partial charge in [-0.05, 0) is 5.56 Å². The van der Waals surface area contributed by atoms with Gasteiger partial charge in [0, 0.05) is 0 Å². The number of allylic oxidation sites excluding steroid dienone is 4. The monoisotopic (exact) mass is 512 g/mol. The smallest absolute Gasteiger partial charge is 0.109 e. The van der Waals surface area contributed by atoms with Crippen molar-refractivity contribution in [1.29, 1.82) is 0 Å². The molecule has 0 heterocycles. The summed E-state index contributed by atoms with van der Waals surface area (Å²) in [6.45, 7) is 11.8. The topological polar surface area (TPSA) is 0 Å². The van der Waals surface area contributed by atoms with Crippen molar-refractivity contribution in [3.05, 3.63) is 85.0 Å². The number of rotatable bonds is 2. The molecule has 0 amide bonds. The van der Waals surface area contributed by atoms with E-state index < -0.39 is 8.07 Å². The van der Waals surface area contributed by atoms with Gasteiger partial charge in [-0.1, -0.05) is 60.7 Å². The summed E-state index contributed by atoms with van der Waals surface area (Å²) in [4.78, 5) is 0. The van der Waals surface area contributed by atoms with E-state index in [1.54, 1.807) is 23.3 Å². The van der Waals surface area contributed by atoms with E-state index in [4.69, 9.17) is 0 Å². The molecular formula is C25H31ClSi2Zr. The maximum atomic E-state index is 2.99. The first kappa shape index (κ1) is 26.2. The Labute approximate surface area is 199 Å². The molecule has 0 fully saturated rings. The van der Waals surface area contributed by atoms with Gasteiger partial charge < -0.3 is 0 Å². The molecule has 3 aromatic rings. The first-order valence-corrected chi connectivity index (χ1v) is 19.5. The van der Waals surface area contributed by atoms with Crippen LogP contribution in [0.3, 0.4) is 0 Å². The van der Waals surface area contributed by atoms with Crippen molar-refractivity contribution in [3.8, 4) is 11.1 Å². The zero-order valence-corrected chi connectivity index (χ0v) is 23.4. The fraction of sp³-hybridized carbons (Fsp3) is 0.240. The van der Waals surface area contributed by atoms with Crippen LogP contribution in [0.5, 0.6) is 0 Å². The van der Waals surface area contributed by atoms with Crippen LogP contribution in [0.15, 0.2) is 78.9 Å². The Morgan fingerprint density at radius 2 is 1.66 bits per heavy atom. The predicted octanol–water partition coefficient (Wildman–Crippen LogP) is 7.28. The van der Waals surface area contributed by atoms with E-state index in [1.807, 2.05) is 12.2 Å². The SMILES string of the molecule is C[Si](C)(C)c1ccc(-c2cccc3[cH-]ccc23)cc1.C[Si](C)=[Zr+2].Cl.[C-]1=CC=CC1. The third-order valence-corrected chi connectivity index (χ3v) is 6.39. The predicted molar refractivity (Wildman–Crippen MR) is 134 cm³/mol. The number of benzene rings is 2. The number of hydrogen-bond donors (Lipinski definition) is 0. The quantitative estimate of drug-likeness (QED) is 0.249. The second kappa shape index (κ2) is 12.7. The summed E-state index contributed by atoms with van der Waals surface area (Å²) in [5.74, 6) is 0. The normalized spacial score (nSPS) is 11.8. The average molecular weight is 514 g/mol. The van der Waals surface area contributed by atoms with Crippen molar-refractivity contribution in [2.75, 3.05) is 0 Å². The van der Waals surface area contributed by atoms with Gasteiger partial charge in [0.15, 0.2) is 0 Å². The zero-order valence-electron chi connectivity index (χ0n) is 18.1. The van der Waals surface area contributed by atoms with Crippen LogP contribution in [-0.2, 0) is 23.3 Å². The molecule has 0 unspecified atom stereocenters. The Morgan fingerprint density at radius 1 is 1.00 bits per heavy atom. The van der Waals surface area contributed by atoms with Crippen molar-refractivity contribution in [2.24, 2.45) is 0 Å².